The van der Waals surface area contributed by atoms with Crippen molar-refractivity contribution in [2.24, 2.45) is 0 Å². The maximum Gasteiger partial charge on any atom is 0.374 e. The summed E-state index contributed by atoms with van der Waals surface area (Å²) in [6.07, 6.45) is 3.97. The number of carbonyl (C=O) groups is 1. The molecule has 142 valence electrons. The van der Waals surface area contributed by atoms with Crippen LogP contribution in [0.1, 0.15) is 0 Å². The number of ether oxygens (including phenoxy) is 2. The third-order valence-corrected chi connectivity index (χ3v) is 3.25. The van der Waals surface area contributed by atoms with Crippen LogP contribution in [0.4, 0.5) is 11.5 Å². The third kappa shape index (κ3) is 4.88. The highest BCUT2D eigenvalue weighted by atomic mass is 16.6. The Bertz CT molecular complexity index is 955. The van der Waals surface area contributed by atoms with E-state index in [-0.39, 0.29) is 24.1 Å². The van der Waals surface area contributed by atoms with Gasteiger partial charge in [-0.15, -0.1) is 0 Å². The van der Waals surface area contributed by atoms with Gasteiger partial charge in [0.2, 0.25) is 5.82 Å². The van der Waals surface area contributed by atoms with Crippen molar-refractivity contribution >= 4 is 17.4 Å². The van der Waals surface area contributed by atoms with Crippen LogP contribution >= 0.6 is 0 Å². The Balaban J connectivity index is 1.66. The van der Waals surface area contributed by atoms with E-state index >= 15 is 0 Å². The van der Waals surface area contributed by atoms with Crippen LogP contribution in [0.3, 0.4) is 0 Å². The Labute approximate surface area is 158 Å². The zero-order valence-electron chi connectivity index (χ0n) is 14.3. The fourth-order valence-electron chi connectivity index (χ4n) is 2.04. The number of benzene rings is 1. The zero-order valence-corrected chi connectivity index (χ0v) is 14.3. The third-order valence-electron chi connectivity index (χ3n) is 3.25. The molecule has 3 rings (SSSR count). The lowest BCUT2D eigenvalue weighted by atomic mass is 10.3. The molecule has 3 aromatic rings. The number of hydrazine groups is 1. The molecule has 11 nitrogen and oxygen atoms in total. The average Bonchev–Trinajstić information content (AvgIpc) is 2.72. The minimum absolute atomic E-state index is 0.244. The van der Waals surface area contributed by atoms with Gasteiger partial charge in [0.15, 0.2) is 6.61 Å². The summed E-state index contributed by atoms with van der Waals surface area (Å²) in [5, 5.41) is 11.4. The molecule has 0 saturated carbocycles. The van der Waals surface area contributed by atoms with Crippen LogP contribution in [-0.4, -0.2) is 32.4 Å². The molecule has 0 aliphatic rings. The summed E-state index contributed by atoms with van der Waals surface area (Å²) >= 11 is 0. The van der Waals surface area contributed by atoms with E-state index in [0.717, 1.165) is 6.33 Å². The van der Waals surface area contributed by atoms with Gasteiger partial charge in [-0.05, 0) is 24.3 Å². The van der Waals surface area contributed by atoms with Crippen molar-refractivity contribution < 1.29 is 19.2 Å². The number of amides is 1. The first-order valence-electron chi connectivity index (χ1n) is 7.93. The molecule has 1 aromatic carbocycles. The summed E-state index contributed by atoms with van der Waals surface area (Å²) in [7, 11) is 0. The predicted octanol–water partition coefficient (Wildman–Crippen LogP) is 2.09. The first kappa shape index (κ1) is 18.5. The van der Waals surface area contributed by atoms with E-state index in [1.165, 1.54) is 12.4 Å². The maximum absolute atomic E-state index is 11.9. The van der Waals surface area contributed by atoms with E-state index in [2.05, 4.69) is 25.8 Å². The van der Waals surface area contributed by atoms with Crippen LogP contribution in [0.2, 0.25) is 0 Å². The largest absolute Gasteiger partial charge is 0.484 e. The van der Waals surface area contributed by atoms with Crippen molar-refractivity contribution in [2.45, 2.75) is 0 Å². The lowest BCUT2D eigenvalue weighted by Crippen LogP contribution is -2.34. The number of nitro groups is 1. The smallest absolute Gasteiger partial charge is 0.374 e. The van der Waals surface area contributed by atoms with E-state index in [0.29, 0.717) is 5.75 Å². The molecule has 0 aliphatic heterocycles. The lowest BCUT2D eigenvalue weighted by Gasteiger charge is -2.10. The van der Waals surface area contributed by atoms with E-state index < -0.39 is 16.5 Å². The van der Waals surface area contributed by atoms with Crippen LogP contribution in [0.5, 0.6) is 17.4 Å². The molecule has 0 fully saturated rings. The standard InChI is InChI=1S/C17H14N6O5/c24-14(10-27-12-5-2-1-3-6-12)21-22-16-15(23(25)26)17(20-11-19-16)28-13-7-4-8-18-9-13/h1-9,11H,10H2,(H,21,24)(H,19,20,22). The van der Waals surface area contributed by atoms with E-state index in [1.807, 2.05) is 6.07 Å². The van der Waals surface area contributed by atoms with Crippen molar-refractivity contribution in [1.29, 1.82) is 0 Å². The van der Waals surface area contributed by atoms with Gasteiger partial charge in [0.05, 0.1) is 11.1 Å². The van der Waals surface area contributed by atoms with Gasteiger partial charge in [0.25, 0.3) is 5.91 Å². The van der Waals surface area contributed by atoms with Gasteiger partial charge >= 0.3 is 11.6 Å². The van der Waals surface area contributed by atoms with Crippen molar-refractivity contribution in [3.05, 3.63) is 71.3 Å². The molecule has 28 heavy (non-hydrogen) atoms. The van der Waals surface area contributed by atoms with Crippen LogP contribution in [-0.2, 0) is 4.79 Å². The number of nitrogens with one attached hydrogen (secondary N) is 2. The van der Waals surface area contributed by atoms with Crippen LogP contribution in [0, 0.1) is 10.1 Å². The minimum atomic E-state index is -0.722. The fourth-order valence-corrected chi connectivity index (χ4v) is 2.04. The number of pyridine rings is 1. The molecule has 2 aromatic heterocycles. The molecule has 0 saturated heterocycles. The molecular formula is C17H14N6O5. The van der Waals surface area contributed by atoms with Gasteiger partial charge in [0, 0.05) is 6.20 Å². The monoisotopic (exact) mass is 382 g/mol. The molecule has 2 heterocycles. The Kier molecular flexibility index (Phi) is 5.88. The molecule has 0 radical (unpaired) electrons. The number of anilines is 1. The molecular weight excluding hydrogens is 368 g/mol. The Morgan fingerprint density at radius 3 is 2.61 bits per heavy atom. The second kappa shape index (κ2) is 8.89. The number of rotatable bonds is 8. The molecule has 1 amide bonds. The van der Waals surface area contributed by atoms with Crippen molar-refractivity contribution in [1.82, 2.24) is 20.4 Å². The number of para-hydroxylation sites is 1. The van der Waals surface area contributed by atoms with Crippen molar-refractivity contribution in [2.75, 3.05) is 12.0 Å². The van der Waals surface area contributed by atoms with Crippen LogP contribution in [0.25, 0.3) is 0 Å². The van der Waals surface area contributed by atoms with E-state index in [9.17, 15) is 14.9 Å². The highest BCUT2D eigenvalue weighted by Crippen LogP contribution is 2.33. The molecule has 0 spiro atoms. The second-order valence-corrected chi connectivity index (χ2v) is 5.20. The molecule has 0 bridgehead atoms. The summed E-state index contributed by atoms with van der Waals surface area (Å²) in [5.74, 6) is -0.336. The Morgan fingerprint density at radius 2 is 1.89 bits per heavy atom. The van der Waals surface area contributed by atoms with Gasteiger partial charge < -0.3 is 9.47 Å². The zero-order chi connectivity index (χ0) is 19.8. The summed E-state index contributed by atoms with van der Waals surface area (Å²) in [5.41, 5.74) is 4.12. The van der Waals surface area contributed by atoms with Crippen molar-refractivity contribution in [3.63, 3.8) is 0 Å². The van der Waals surface area contributed by atoms with Gasteiger partial charge in [-0.25, -0.2) is 4.98 Å². The van der Waals surface area contributed by atoms with Crippen LogP contribution < -0.4 is 20.3 Å². The number of hydrogen-bond donors (Lipinski definition) is 2. The maximum atomic E-state index is 11.9. The van der Waals surface area contributed by atoms with Gasteiger partial charge in [-0.3, -0.25) is 30.7 Å². The Hall–Kier alpha value is -4.28. The van der Waals surface area contributed by atoms with Crippen LogP contribution in [0.15, 0.2) is 61.2 Å². The molecule has 0 aliphatic carbocycles. The number of carbonyl (C=O) groups excluding carboxylic acids is 1. The highest BCUT2D eigenvalue weighted by Gasteiger charge is 2.25. The minimum Gasteiger partial charge on any atom is -0.484 e. The summed E-state index contributed by atoms with van der Waals surface area (Å²) in [6, 6.07) is 11.9. The summed E-state index contributed by atoms with van der Waals surface area (Å²) in [4.78, 5) is 34.0. The number of hydrogen-bond acceptors (Lipinski definition) is 9. The van der Waals surface area contributed by atoms with Gasteiger partial charge in [-0.1, -0.05) is 18.2 Å². The first-order valence-corrected chi connectivity index (χ1v) is 7.93. The average molecular weight is 382 g/mol. The van der Waals surface area contributed by atoms with E-state index in [4.69, 9.17) is 9.47 Å². The topological polar surface area (TPSA) is 141 Å². The van der Waals surface area contributed by atoms with Gasteiger partial charge in [-0.2, -0.15) is 4.98 Å². The predicted molar refractivity (Wildman–Crippen MR) is 96.7 cm³/mol. The van der Waals surface area contributed by atoms with E-state index in [1.54, 1.807) is 36.4 Å². The second-order valence-electron chi connectivity index (χ2n) is 5.20. The van der Waals surface area contributed by atoms with Gasteiger partial charge in [0.1, 0.15) is 17.8 Å². The fraction of sp³-hybridized carbons (Fsp3) is 0.0588. The molecule has 0 unspecified atom stereocenters. The van der Waals surface area contributed by atoms with Crippen molar-refractivity contribution in [3.8, 4) is 17.4 Å². The normalized spacial score (nSPS) is 10.0. The lowest BCUT2D eigenvalue weighted by molar-refractivity contribution is -0.385. The SMILES string of the molecule is O=C(COc1ccccc1)NNc1ncnc(Oc2cccnc2)c1[N+](=O)[O-]. The quantitative estimate of drug-likeness (QED) is 0.442. The highest BCUT2D eigenvalue weighted by molar-refractivity contribution is 5.79. The summed E-state index contributed by atoms with van der Waals surface area (Å²) < 4.78 is 10.7. The number of aromatic nitrogens is 3. The molecule has 11 heteroatoms. The number of nitrogens with zero attached hydrogens (tertiary/aromatic N) is 4. The molecule has 2 N–H and O–H groups in total. The molecule has 0 atom stereocenters. The summed E-state index contributed by atoms with van der Waals surface area (Å²) in [6.45, 7) is -0.297. The Morgan fingerprint density at radius 1 is 1.11 bits per heavy atom. The first-order chi connectivity index (χ1) is 13.6.